The molecule has 2 heterocycles. The van der Waals surface area contributed by atoms with Crippen molar-refractivity contribution in [1.29, 1.82) is 0 Å². The number of nitrogens with zero attached hydrogens (tertiary/aromatic N) is 2. The van der Waals surface area contributed by atoms with Gasteiger partial charge in [-0.3, -0.25) is 4.68 Å². The van der Waals surface area contributed by atoms with E-state index in [4.69, 9.17) is 9.52 Å². The van der Waals surface area contributed by atoms with Crippen LogP contribution in [-0.2, 0) is 6.54 Å². The van der Waals surface area contributed by atoms with E-state index < -0.39 is 12.1 Å². The van der Waals surface area contributed by atoms with Crippen LogP contribution in [0.15, 0.2) is 28.8 Å². The van der Waals surface area contributed by atoms with Crippen molar-refractivity contribution in [2.24, 2.45) is 0 Å². The molecule has 1 unspecified atom stereocenters. The van der Waals surface area contributed by atoms with E-state index in [1.54, 1.807) is 16.9 Å². The van der Waals surface area contributed by atoms with Crippen LogP contribution >= 0.6 is 0 Å². The van der Waals surface area contributed by atoms with Crippen LogP contribution in [0.1, 0.15) is 35.0 Å². The van der Waals surface area contributed by atoms with Crippen molar-refractivity contribution < 1.29 is 19.4 Å². The molecule has 90 valence electrons. The van der Waals surface area contributed by atoms with Gasteiger partial charge in [0, 0.05) is 12.7 Å². The number of aliphatic hydroxyl groups is 1. The van der Waals surface area contributed by atoms with E-state index in [1.807, 2.05) is 6.92 Å². The first-order chi connectivity index (χ1) is 8.13. The lowest BCUT2D eigenvalue weighted by Crippen LogP contribution is -2.08. The highest BCUT2D eigenvalue weighted by Gasteiger charge is 2.20. The Morgan fingerprint density at radius 1 is 1.53 bits per heavy atom. The third kappa shape index (κ3) is 2.07. The molecular weight excluding hydrogens is 224 g/mol. The molecule has 0 radical (unpaired) electrons. The minimum atomic E-state index is -1.16. The van der Waals surface area contributed by atoms with Crippen LogP contribution in [0.25, 0.3) is 0 Å². The monoisotopic (exact) mass is 236 g/mol. The number of furan rings is 1. The van der Waals surface area contributed by atoms with Gasteiger partial charge in [-0.25, -0.2) is 4.79 Å². The van der Waals surface area contributed by atoms with E-state index in [0.717, 1.165) is 0 Å². The molecule has 0 spiro atoms. The van der Waals surface area contributed by atoms with Crippen LogP contribution in [0.4, 0.5) is 0 Å². The molecule has 6 heteroatoms. The summed E-state index contributed by atoms with van der Waals surface area (Å²) in [7, 11) is 0. The summed E-state index contributed by atoms with van der Waals surface area (Å²) in [6.07, 6.45) is 0.564. The molecule has 2 aromatic rings. The molecule has 2 N–H and O–H groups in total. The van der Waals surface area contributed by atoms with E-state index in [9.17, 15) is 9.90 Å². The van der Waals surface area contributed by atoms with Crippen LogP contribution < -0.4 is 0 Å². The maximum absolute atomic E-state index is 10.7. The van der Waals surface area contributed by atoms with Gasteiger partial charge in [0.2, 0.25) is 5.76 Å². The van der Waals surface area contributed by atoms with E-state index in [1.165, 1.54) is 12.1 Å². The van der Waals surface area contributed by atoms with Gasteiger partial charge in [-0.15, -0.1) is 0 Å². The molecule has 0 saturated heterocycles. The number of carbonyl (C=O) groups is 1. The molecule has 0 fully saturated rings. The Bertz CT molecular complexity index is 529. The fourth-order valence-electron chi connectivity index (χ4n) is 1.60. The Kier molecular flexibility index (Phi) is 2.97. The number of hydrogen-bond donors (Lipinski definition) is 2. The van der Waals surface area contributed by atoms with Crippen LogP contribution in [0, 0.1) is 0 Å². The van der Waals surface area contributed by atoms with Crippen molar-refractivity contribution in [1.82, 2.24) is 9.78 Å². The molecule has 0 aliphatic carbocycles. The lowest BCUT2D eigenvalue weighted by Gasteiger charge is -2.09. The SMILES string of the molecule is CCn1nccc1C(O)c1ccc(C(=O)O)o1. The summed E-state index contributed by atoms with van der Waals surface area (Å²) in [6.45, 7) is 2.51. The molecule has 0 saturated carbocycles. The summed E-state index contributed by atoms with van der Waals surface area (Å²) in [5.41, 5.74) is 0.568. The van der Waals surface area contributed by atoms with Crippen LogP contribution in [0.2, 0.25) is 0 Å². The van der Waals surface area contributed by atoms with E-state index in [0.29, 0.717) is 12.2 Å². The molecule has 0 aliphatic rings. The second-order valence-corrected chi connectivity index (χ2v) is 3.48. The first-order valence-electron chi connectivity index (χ1n) is 5.16. The number of carboxylic acids is 1. The molecule has 0 aromatic carbocycles. The summed E-state index contributed by atoms with van der Waals surface area (Å²) in [4.78, 5) is 10.7. The Morgan fingerprint density at radius 3 is 2.88 bits per heavy atom. The maximum atomic E-state index is 10.7. The minimum absolute atomic E-state index is 0.192. The molecule has 1 atom stereocenters. The first kappa shape index (κ1) is 11.4. The standard InChI is InChI=1S/C11H12N2O4/c1-2-13-7(5-6-12-13)10(14)8-3-4-9(17-8)11(15)16/h3-6,10,14H,2H2,1H3,(H,15,16). The van der Waals surface area contributed by atoms with Crippen molar-refractivity contribution in [3.63, 3.8) is 0 Å². The van der Waals surface area contributed by atoms with Crippen molar-refractivity contribution in [3.05, 3.63) is 41.6 Å². The molecule has 2 rings (SSSR count). The largest absolute Gasteiger partial charge is 0.475 e. The highest BCUT2D eigenvalue weighted by atomic mass is 16.4. The van der Waals surface area contributed by atoms with Gasteiger partial charge in [-0.1, -0.05) is 0 Å². The molecule has 0 amide bonds. The Hall–Kier alpha value is -2.08. The molecule has 2 aromatic heterocycles. The van der Waals surface area contributed by atoms with Gasteiger partial charge in [-0.2, -0.15) is 5.10 Å². The summed E-state index contributed by atoms with van der Waals surface area (Å²) in [6, 6.07) is 4.42. The number of rotatable bonds is 4. The molecule has 17 heavy (non-hydrogen) atoms. The third-order valence-corrected chi connectivity index (χ3v) is 2.44. The fraction of sp³-hybridized carbons (Fsp3) is 0.273. The van der Waals surface area contributed by atoms with Gasteiger partial charge in [0.25, 0.3) is 0 Å². The van der Waals surface area contributed by atoms with Gasteiger partial charge in [0.15, 0.2) is 6.10 Å². The second kappa shape index (κ2) is 4.42. The normalized spacial score (nSPS) is 12.6. The van der Waals surface area contributed by atoms with E-state index >= 15 is 0 Å². The number of carboxylic acid groups (broad SMARTS) is 1. The van der Waals surface area contributed by atoms with E-state index in [2.05, 4.69) is 5.10 Å². The van der Waals surface area contributed by atoms with Crippen molar-refractivity contribution in [2.45, 2.75) is 19.6 Å². The number of aliphatic hydroxyl groups excluding tert-OH is 1. The van der Waals surface area contributed by atoms with Crippen LogP contribution in [-0.4, -0.2) is 26.0 Å². The second-order valence-electron chi connectivity index (χ2n) is 3.48. The zero-order valence-corrected chi connectivity index (χ0v) is 9.20. The Morgan fingerprint density at radius 2 is 2.29 bits per heavy atom. The van der Waals surface area contributed by atoms with Gasteiger partial charge in [-0.05, 0) is 25.1 Å². The highest BCUT2D eigenvalue weighted by Crippen LogP contribution is 2.23. The van der Waals surface area contributed by atoms with Crippen molar-refractivity contribution in [2.75, 3.05) is 0 Å². The number of hydrogen-bond acceptors (Lipinski definition) is 4. The molecule has 0 bridgehead atoms. The summed E-state index contributed by atoms with van der Waals surface area (Å²) in [5, 5.41) is 22.8. The summed E-state index contributed by atoms with van der Waals surface area (Å²) in [5.74, 6) is -1.16. The average molecular weight is 236 g/mol. The molecular formula is C11H12N2O4. The molecule has 0 aliphatic heterocycles. The number of aryl methyl sites for hydroxylation is 1. The van der Waals surface area contributed by atoms with Crippen LogP contribution in [0.3, 0.4) is 0 Å². The fourth-order valence-corrected chi connectivity index (χ4v) is 1.60. The number of aromatic nitrogens is 2. The van der Waals surface area contributed by atoms with Gasteiger partial charge in [0.05, 0.1) is 5.69 Å². The average Bonchev–Trinajstić information content (AvgIpc) is 2.96. The molecule has 6 nitrogen and oxygen atoms in total. The van der Waals surface area contributed by atoms with Gasteiger partial charge >= 0.3 is 5.97 Å². The van der Waals surface area contributed by atoms with Crippen molar-refractivity contribution >= 4 is 5.97 Å². The smallest absolute Gasteiger partial charge is 0.371 e. The quantitative estimate of drug-likeness (QED) is 0.834. The van der Waals surface area contributed by atoms with E-state index in [-0.39, 0.29) is 11.5 Å². The third-order valence-electron chi connectivity index (χ3n) is 2.44. The Balaban J connectivity index is 2.30. The topological polar surface area (TPSA) is 88.5 Å². The summed E-state index contributed by atoms with van der Waals surface area (Å²) < 4.78 is 6.66. The predicted molar refractivity (Wildman–Crippen MR) is 57.6 cm³/mol. The highest BCUT2D eigenvalue weighted by molar-refractivity contribution is 5.84. The zero-order chi connectivity index (χ0) is 12.4. The van der Waals surface area contributed by atoms with Gasteiger partial charge in [0.1, 0.15) is 5.76 Å². The minimum Gasteiger partial charge on any atom is -0.475 e. The zero-order valence-electron chi connectivity index (χ0n) is 9.20. The lowest BCUT2D eigenvalue weighted by atomic mass is 10.2. The van der Waals surface area contributed by atoms with Crippen LogP contribution in [0.5, 0.6) is 0 Å². The lowest BCUT2D eigenvalue weighted by molar-refractivity contribution is 0.0654. The predicted octanol–water partition coefficient (Wildman–Crippen LogP) is 1.28. The summed E-state index contributed by atoms with van der Waals surface area (Å²) >= 11 is 0. The van der Waals surface area contributed by atoms with Crippen molar-refractivity contribution in [3.8, 4) is 0 Å². The Labute approximate surface area is 97.1 Å². The maximum Gasteiger partial charge on any atom is 0.371 e. The van der Waals surface area contributed by atoms with Gasteiger partial charge < -0.3 is 14.6 Å². The number of aromatic carboxylic acids is 1. The first-order valence-corrected chi connectivity index (χ1v) is 5.16.